The molecule has 41 heavy (non-hydrogen) atoms. The van der Waals surface area contributed by atoms with Crippen LogP contribution in [0.2, 0.25) is 0 Å². The van der Waals surface area contributed by atoms with Gasteiger partial charge in [-0.05, 0) is 83.1 Å². The summed E-state index contributed by atoms with van der Waals surface area (Å²) in [4.78, 5) is 48.7. The third kappa shape index (κ3) is 3.81. The first kappa shape index (κ1) is 26.3. The van der Waals surface area contributed by atoms with Gasteiger partial charge in [0.25, 0.3) is 5.91 Å². The number of hydrogen-bond acceptors (Lipinski definition) is 5. The number of ketones is 1. The Balaban J connectivity index is 1.18. The molecule has 3 aliphatic heterocycles. The molecule has 0 radical (unpaired) electrons. The zero-order valence-electron chi connectivity index (χ0n) is 24.0. The Bertz CT molecular complexity index is 1590. The van der Waals surface area contributed by atoms with Crippen molar-refractivity contribution in [2.75, 3.05) is 13.1 Å². The minimum Gasteiger partial charge on any atom is -0.340 e. The fourth-order valence-electron chi connectivity index (χ4n) is 8.23. The highest BCUT2D eigenvalue weighted by atomic mass is 19.1. The minimum atomic E-state index is -0.503. The SMILES string of the molecule is CC(C)N(C(=O)c1cc(F)ccc1-n1cc(C(=O)C2CN(C(=O)[C@H]3NC45CCC3(C4)C5)C2)c2ccncc21)C(C)C. The van der Waals surface area contributed by atoms with Crippen molar-refractivity contribution < 1.29 is 18.8 Å². The normalized spacial score (nSPS) is 26.5. The summed E-state index contributed by atoms with van der Waals surface area (Å²) in [7, 11) is 0. The molecule has 3 aliphatic carbocycles. The summed E-state index contributed by atoms with van der Waals surface area (Å²) in [5, 5.41) is 4.32. The maximum Gasteiger partial charge on any atom is 0.256 e. The van der Waals surface area contributed by atoms with Crippen LogP contribution in [0.5, 0.6) is 0 Å². The summed E-state index contributed by atoms with van der Waals surface area (Å²) >= 11 is 0. The number of aromatic nitrogens is 2. The van der Waals surface area contributed by atoms with Crippen LogP contribution in [-0.4, -0.2) is 73.7 Å². The van der Waals surface area contributed by atoms with Crippen molar-refractivity contribution in [2.24, 2.45) is 11.3 Å². The number of piperidine rings is 1. The number of nitrogens with one attached hydrogen (secondary N) is 1. The van der Waals surface area contributed by atoms with Crippen LogP contribution in [0.3, 0.4) is 0 Å². The highest BCUT2D eigenvalue weighted by Crippen LogP contribution is 2.68. The van der Waals surface area contributed by atoms with Gasteiger partial charge in [0, 0.05) is 54.1 Å². The van der Waals surface area contributed by atoms with Gasteiger partial charge >= 0.3 is 0 Å². The number of likely N-dealkylation sites (tertiary alicyclic amines) is 1. The Morgan fingerprint density at radius 3 is 2.41 bits per heavy atom. The average Bonchev–Trinajstić information content (AvgIpc) is 3.68. The Kier molecular flexibility index (Phi) is 5.75. The molecule has 1 atom stereocenters. The molecule has 9 rings (SSSR count). The fourth-order valence-corrected chi connectivity index (χ4v) is 8.23. The molecule has 2 aromatic heterocycles. The molecule has 5 heterocycles. The highest BCUT2D eigenvalue weighted by Gasteiger charge is 2.72. The number of Topliss-reactive ketones (excluding diaryl/α,β-unsaturated/α-hetero) is 1. The van der Waals surface area contributed by atoms with E-state index in [2.05, 4.69) is 10.3 Å². The number of rotatable bonds is 7. The Morgan fingerprint density at radius 1 is 1.05 bits per heavy atom. The highest BCUT2D eigenvalue weighted by molar-refractivity contribution is 6.10. The number of carbonyl (C=O) groups excluding carboxylic acids is 3. The molecule has 2 amide bonds. The van der Waals surface area contributed by atoms with Crippen molar-refractivity contribution >= 4 is 28.5 Å². The zero-order chi connectivity index (χ0) is 28.8. The van der Waals surface area contributed by atoms with Gasteiger partial charge in [-0.3, -0.25) is 24.7 Å². The lowest BCUT2D eigenvalue weighted by atomic mass is 9.67. The third-order valence-corrected chi connectivity index (χ3v) is 10.0. The van der Waals surface area contributed by atoms with Gasteiger partial charge in [0.1, 0.15) is 5.82 Å². The van der Waals surface area contributed by atoms with Crippen molar-refractivity contribution in [3.8, 4) is 5.69 Å². The number of nitrogens with zero attached hydrogens (tertiary/aromatic N) is 4. The summed E-state index contributed by atoms with van der Waals surface area (Å²) < 4.78 is 16.3. The molecule has 0 unspecified atom stereocenters. The van der Waals surface area contributed by atoms with E-state index in [1.165, 1.54) is 18.6 Å². The average molecular weight is 558 g/mol. The maximum atomic E-state index is 14.5. The summed E-state index contributed by atoms with van der Waals surface area (Å²) in [6.45, 7) is 8.56. The predicted molar refractivity (Wildman–Crippen MR) is 152 cm³/mol. The van der Waals surface area contributed by atoms with Gasteiger partial charge in [0.15, 0.2) is 5.78 Å². The predicted octanol–water partition coefficient (Wildman–Crippen LogP) is 4.35. The van der Waals surface area contributed by atoms with Crippen molar-refractivity contribution in [1.29, 1.82) is 0 Å². The molecule has 3 saturated carbocycles. The Labute approximate surface area is 238 Å². The fraction of sp³-hybridized carbons (Fsp3) is 0.500. The molecule has 1 aromatic carbocycles. The zero-order valence-corrected chi connectivity index (χ0v) is 24.0. The van der Waals surface area contributed by atoms with E-state index in [-0.39, 0.29) is 58.2 Å². The van der Waals surface area contributed by atoms with Gasteiger partial charge in [-0.2, -0.15) is 0 Å². The Hall–Kier alpha value is -3.59. The number of carbonyl (C=O) groups is 3. The van der Waals surface area contributed by atoms with Crippen LogP contribution >= 0.6 is 0 Å². The molecule has 2 bridgehead atoms. The van der Waals surface area contributed by atoms with Crippen molar-refractivity contribution in [2.45, 2.75) is 77.0 Å². The molecular weight excluding hydrogens is 521 g/mol. The second kappa shape index (κ2) is 8.95. The maximum absolute atomic E-state index is 14.5. The minimum absolute atomic E-state index is 0.0352. The first-order chi connectivity index (χ1) is 19.5. The number of halogens is 1. The summed E-state index contributed by atoms with van der Waals surface area (Å²) in [5.74, 6) is -0.971. The molecule has 6 aliphatic rings. The van der Waals surface area contributed by atoms with E-state index in [4.69, 9.17) is 0 Å². The number of pyridine rings is 1. The number of benzene rings is 1. The standard InChI is InChI=1S/C32H36FN5O3/c1-18(2)38(19(3)4)29(40)23-11-21(33)5-6-25(23)37-15-24(22-7-10-34-12-26(22)37)27(39)20-13-36(14-20)30(41)28-31-8-9-32(16-31,17-31)35-28/h5-7,10-12,15,18-20,28,35H,8-9,13-14,16-17H2,1-4H3/t28-,31?,32?/m1/s1. The van der Waals surface area contributed by atoms with Gasteiger partial charge in [-0.25, -0.2) is 4.39 Å². The van der Waals surface area contributed by atoms with Gasteiger partial charge in [-0.15, -0.1) is 0 Å². The van der Waals surface area contributed by atoms with Crippen LogP contribution < -0.4 is 5.32 Å². The van der Waals surface area contributed by atoms with Gasteiger partial charge in [0.2, 0.25) is 5.91 Å². The molecule has 1 N–H and O–H groups in total. The van der Waals surface area contributed by atoms with Gasteiger partial charge in [0.05, 0.1) is 34.9 Å². The van der Waals surface area contributed by atoms with Crippen LogP contribution in [0.15, 0.2) is 42.9 Å². The second-order valence-corrected chi connectivity index (χ2v) is 13.2. The van der Waals surface area contributed by atoms with E-state index >= 15 is 0 Å². The number of fused-ring (bicyclic) bond motifs is 3. The van der Waals surface area contributed by atoms with Crippen LogP contribution in [-0.2, 0) is 4.79 Å². The van der Waals surface area contributed by atoms with Crippen molar-refractivity contribution in [3.63, 3.8) is 0 Å². The summed E-state index contributed by atoms with van der Waals surface area (Å²) in [6.07, 6.45) is 9.56. The lowest BCUT2D eigenvalue weighted by Crippen LogP contribution is -2.59. The molecular formula is C32H36FN5O3. The quantitative estimate of drug-likeness (QED) is 0.437. The van der Waals surface area contributed by atoms with E-state index < -0.39 is 5.82 Å². The topological polar surface area (TPSA) is 87.5 Å². The molecule has 6 fully saturated rings. The van der Waals surface area contributed by atoms with E-state index in [1.54, 1.807) is 40.2 Å². The molecule has 8 nitrogen and oxygen atoms in total. The lowest BCUT2D eigenvalue weighted by Gasteiger charge is -2.42. The molecule has 0 spiro atoms. The van der Waals surface area contributed by atoms with E-state index in [9.17, 15) is 18.8 Å². The molecule has 214 valence electrons. The third-order valence-electron chi connectivity index (χ3n) is 10.0. The van der Waals surface area contributed by atoms with Crippen LogP contribution in [0, 0.1) is 17.2 Å². The summed E-state index contributed by atoms with van der Waals surface area (Å²) in [5.41, 5.74) is 2.22. The largest absolute Gasteiger partial charge is 0.340 e. The van der Waals surface area contributed by atoms with E-state index in [0.29, 0.717) is 29.9 Å². The van der Waals surface area contributed by atoms with Crippen LogP contribution in [0.1, 0.15) is 74.1 Å². The number of hydrogen-bond donors (Lipinski definition) is 1. The van der Waals surface area contributed by atoms with Gasteiger partial charge < -0.3 is 14.4 Å². The van der Waals surface area contributed by atoms with Crippen molar-refractivity contribution in [3.05, 3.63) is 59.8 Å². The number of amides is 2. The molecule has 3 saturated heterocycles. The van der Waals surface area contributed by atoms with Crippen LogP contribution in [0.25, 0.3) is 16.6 Å². The second-order valence-electron chi connectivity index (χ2n) is 13.2. The lowest BCUT2D eigenvalue weighted by molar-refractivity contribution is -0.140. The molecule has 9 heteroatoms. The van der Waals surface area contributed by atoms with E-state index in [0.717, 1.165) is 24.6 Å². The monoisotopic (exact) mass is 557 g/mol. The first-order valence-corrected chi connectivity index (χ1v) is 14.7. The summed E-state index contributed by atoms with van der Waals surface area (Å²) in [6, 6.07) is 5.70. The smallest absolute Gasteiger partial charge is 0.256 e. The first-order valence-electron chi connectivity index (χ1n) is 14.7. The Morgan fingerprint density at radius 2 is 1.78 bits per heavy atom. The van der Waals surface area contributed by atoms with Crippen molar-refractivity contribution in [1.82, 2.24) is 24.7 Å². The molecule has 3 aromatic rings. The van der Waals surface area contributed by atoms with E-state index in [1.807, 2.05) is 32.6 Å². The van der Waals surface area contributed by atoms with Crippen LogP contribution in [0.4, 0.5) is 4.39 Å². The van der Waals surface area contributed by atoms with Gasteiger partial charge in [-0.1, -0.05) is 0 Å².